The lowest BCUT2D eigenvalue weighted by molar-refractivity contribution is -0.130. The SMILES string of the molecule is CC(C)Oc1ccc(C(Cl)C(F)(F)C(F)F)cc1. The number of hydrogen-bond donors (Lipinski definition) is 0. The molecule has 0 aromatic heterocycles. The van der Waals surface area contributed by atoms with E-state index in [0.717, 1.165) is 0 Å². The summed E-state index contributed by atoms with van der Waals surface area (Å²) in [6.07, 6.45) is -3.86. The van der Waals surface area contributed by atoms with Crippen LogP contribution in [0.2, 0.25) is 0 Å². The Bertz CT molecular complexity index is 378. The van der Waals surface area contributed by atoms with E-state index in [4.69, 9.17) is 16.3 Å². The summed E-state index contributed by atoms with van der Waals surface area (Å²) in [6.45, 7) is 3.62. The van der Waals surface area contributed by atoms with Gasteiger partial charge in [-0.15, -0.1) is 11.6 Å². The molecule has 0 amide bonds. The molecule has 0 bridgehead atoms. The molecule has 102 valence electrons. The van der Waals surface area contributed by atoms with Crippen LogP contribution in [0.5, 0.6) is 5.75 Å². The molecular weight excluding hydrogens is 272 g/mol. The third-order valence-electron chi connectivity index (χ3n) is 2.17. The van der Waals surface area contributed by atoms with Gasteiger partial charge < -0.3 is 4.74 Å². The van der Waals surface area contributed by atoms with Crippen LogP contribution in [0.25, 0.3) is 0 Å². The smallest absolute Gasteiger partial charge is 0.327 e. The van der Waals surface area contributed by atoms with E-state index in [2.05, 4.69) is 0 Å². The monoisotopic (exact) mass is 284 g/mol. The molecule has 1 rings (SSSR count). The van der Waals surface area contributed by atoms with Crippen molar-refractivity contribution >= 4 is 11.6 Å². The highest BCUT2D eigenvalue weighted by atomic mass is 35.5. The molecule has 18 heavy (non-hydrogen) atoms. The fourth-order valence-corrected chi connectivity index (χ4v) is 1.56. The van der Waals surface area contributed by atoms with Crippen molar-refractivity contribution in [3.8, 4) is 5.75 Å². The maximum atomic E-state index is 13.0. The zero-order valence-corrected chi connectivity index (χ0v) is 10.6. The second-order valence-corrected chi connectivity index (χ2v) is 4.51. The normalized spacial score (nSPS) is 14.1. The van der Waals surface area contributed by atoms with E-state index < -0.39 is 17.7 Å². The topological polar surface area (TPSA) is 9.23 Å². The molecule has 0 N–H and O–H groups in total. The molecule has 1 atom stereocenters. The molecular formula is C12H13ClF4O. The average Bonchev–Trinajstić information content (AvgIpc) is 2.28. The zero-order chi connectivity index (χ0) is 13.9. The van der Waals surface area contributed by atoms with Crippen LogP contribution >= 0.6 is 11.6 Å². The van der Waals surface area contributed by atoms with Gasteiger partial charge in [0, 0.05) is 0 Å². The number of halogens is 5. The van der Waals surface area contributed by atoms with Crippen molar-refractivity contribution in [1.82, 2.24) is 0 Å². The largest absolute Gasteiger partial charge is 0.491 e. The average molecular weight is 285 g/mol. The van der Waals surface area contributed by atoms with Gasteiger partial charge in [0.15, 0.2) is 0 Å². The second kappa shape index (κ2) is 5.78. The van der Waals surface area contributed by atoms with Crippen LogP contribution in [-0.2, 0) is 0 Å². The summed E-state index contributed by atoms with van der Waals surface area (Å²) in [5.41, 5.74) is -0.0712. The minimum Gasteiger partial charge on any atom is -0.491 e. The van der Waals surface area contributed by atoms with E-state index in [0.29, 0.717) is 5.75 Å². The number of alkyl halides is 5. The molecule has 0 saturated carbocycles. The van der Waals surface area contributed by atoms with E-state index in [1.165, 1.54) is 24.3 Å². The Morgan fingerprint density at radius 3 is 2.00 bits per heavy atom. The van der Waals surface area contributed by atoms with Crippen LogP contribution in [0.1, 0.15) is 24.8 Å². The van der Waals surface area contributed by atoms with E-state index in [-0.39, 0.29) is 11.7 Å². The van der Waals surface area contributed by atoms with Gasteiger partial charge in [-0.2, -0.15) is 8.78 Å². The van der Waals surface area contributed by atoms with Crippen molar-refractivity contribution in [2.45, 2.75) is 37.7 Å². The van der Waals surface area contributed by atoms with Crippen molar-refractivity contribution < 1.29 is 22.3 Å². The highest BCUT2D eigenvalue weighted by Gasteiger charge is 2.48. The molecule has 6 heteroatoms. The van der Waals surface area contributed by atoms with E-state index in [9.17, 15) is 17.6 Å². The fourth-order valence-electron chi connectivity index (χ4n) is 1.32. The Kier molecular flexibility index (Phi) is 4.85. The first-order chi connectivity index (χ1) is 8.25. The van der Waals surface area contributed by atoms with E-state index >= 15 is 0 Å². The van der Waals surface area contributed by atoms with Crippen LogP contribution in [0.3, 0.4) is 0 Å². The molecule has 1 nitrogen and oxygen atoms in total. The summed E-state index contributed by atoms with van der Waals surface area (Å²) in [5.74, 6) is -3.79. The Morgan fingerprint density at radius 1 is 1.11 bits per heavy atom. The summed E-state index contributed by atoms with van der Waals surface area (Å²) in [6, 6.07) is 5.36. The van der Waals surface area contributed by atoms with Crippen molar-refractivity contribution in [1.29, 1.82) is 0 Å². The van der Waals surface area contributed by atoms with Gasteiger partial charge in [-0.1, -0.05) is 12.1 Å². The molecule has 0 fully saturated rings. The van der Waals surface area contributed by atoms with E-state index in [1.54, 1.807) is 0 Å². The number of ether oxygens (including phenoxy) is 1. The van der Waals surface area contributed by atoms with Crippen LogP contribution < -0.4 is 4.74 Å². The summed E-state index contributed by atoms with van der Waals surface area (Å²) in [5, 5.41) is -2.06. The molecule has 1 aromatic rings. The first-order valence-corrected chi connectivity index (χ1v) is 5.75. The molecule has 0 saturated heterocycles. The van der Waals surface area contributed by atoms with E-state index in [1.807, 2.05) is 13.8 Å². The van der Waals surface area contributed by atoms with Crippen molar-refractivity contribution in [2.24, 2.45) is 0 Å². The standard InChI is InChI=1S/C12H13ClF4O/c1-7(2)18-9-5-3-8(4-6-9)10(13)12(16,17)11(14)15/h3-7,10-11H,1-2H3. The molecule has 0 spiro atoms. The zero-order valence-electron chi connectivity index (χ0n) is 9.84. The van der Waals surface area contributed by atoms with Crippen LogP contribution in [0, 0.1) is 0 Å². The predicted molar refractivity (Wildman–Crippen MR) is 61.8 cm³/mol. The first-order valence-electron chi connectivity index (χ1n) is 5.31. The lowest BCUT2D eigenvalue weighted by atomic mass is 10.1. The predicted octanol–water partition coefficient (Wildman–Crippen LogP) is 4.65. The minimum absolute atomic E-state index is 0.0647. The highest BCUT2D eigenvalue weighted by molar-refractivity contribution is 6.21. The van der Waals surface area contributed by atoms with Gasteiger partial charge in [0.25, 0.3) is 0 Å². The maximum Gasteiger partial charge on any atom is 0.327 e. The molecule has 0 aliphatic carbocycles. The Hall–Kier alpha value is -0.970. The summed E-state index contributed by atoms with van der Waals surface area (Å²) >= 11 is 5.38. The Balaban J connectivity index is 2.85. The molecule has 0 radical (unpaired) electrons. The number of rotatable bonds is 5. The number of benzene rings is 1. The fraction of sp³-hybridized carbons (Fsp3) is 0.500. The second-order valence-electron chi connectivity index (χ2n) is 4.07. The van der Waals surface area contributed by atoms with Crippen molar-refractivity contribution in [2.75, 3.05) is 0 Å². The first kappa shape index (κ1) is 15.1. The Labute approximate surface area is 108 Å². The summed E-state index contributed by atoms with van der Waals surface area (Å²) in [7, 11) is 0. The lowest BCUT2D eigenvalue weighted by Crippen LogP contribution is -2.31. The van der Waals surface area contributed by atoms with Crippen LogP contribution in [0.4, 0.5) is 17.6 Å². The third-order valence-corrected chi connectivity index (χ3v) is 2.72. The third kappa shape index (κ3) is 3.51. The van der Waals surface area contributed by atoms with Gasteiger partial charge in [-0.3, -0.25) is 0 Å². The van der Waals surface area contributed by atoms with Gasteiger partial charge in [0.1, 0.15) is 11.1 Å². The summed E-state index contributed by atoms with van der Waals surface area (Å²) in [4.78, 5) is 0. The summed E-state index contributed by atoms with van der Waals surface area (Å²) < 4.78 is 55.6. The van der Waals surface area contributed by atoms with Crippen molar-refractivity contribution in [3.05, 3.63) is 29.8 Å². The quantitative estimate of drug-likeness (QED) is 0.565. The Morgan fingerprint density at radius 2 is 1.61 bits per heavy atom. The van der Waals surface area contributed by atoms with Gasteiger partial charge in [0.2, 0.25) is 0 Å². The molecule has 1 aromatic carbocycles. The lowest BCUT2D eigenvalue weighted by Gasteiger charge is -2.21. The van der Waals surface area contributed by atoms with Gasteiger partial charge >= 0.3 is 12.3 Å². The van der Waals surface area contributed by atoms with Gasteiger partial charge in [0.05, 0.1) is 6.10 Å². The molecule has 0 aliphatic heterocycles. The minimum atomic E-state index is -4.26. The van der Waals surface area contributed by atoms with Crippen molar-refractivity contribution in [3.63, 3.8) is 0 Å². The van der Waals surface area contributed by atoms with Gasteiger partial charge in [-0.05, 0) is 31.5 Å². The highest BCUT2D eigenvalue weighted by Crippen LogP contribution is 2.41. The maximum absolute atomic E-state index is 13.0. The molecule has 1 unspecified atom stereocenters. The van der Waals surface area contributed by atoms with Crippen LogP contribution in [0.15, 0.2) is 24.3 Å². The molecule has 0 heterocycles. The number of hydrogen-bond acceptors (Lipinski definition) is 1. The van der Waals surface area contributed by atoms with Crippen LogP contribution in [-0.4, -0.2) is 18.5 Å². The van der Waals surface area contributed by atoms with Gasteiger partial charge in [-0.25, -0.2) is 8.78 Å². The molecule has 0 aliphatic rings.